The minimum atomic E-state index is 0.467. The molecular formula is C11H8Cl2N6S. The monoisotopic (exact) mass is 326 g/mol. The molecule has 0 aliphatic carbocycles. The van der Waals surface area contributed by atoms with Gasteiger partial charge in [-0.1, -0.05) is 23.2 Å². The van der Waals surface area contributed by atoms with Crippen molar-refractivity contribution in [2.24, 2.45) is 14.6 Å². The van der Waals surface area contributed by atoms with Crippen molar-refractivity contribution >= 4 is 63.1 Å². The van der Waals surface area contributed by atoms with Crippen LogP contribution in [0.2, 0.25) is 10.0 Å². The maximum Gasteiger partial charge on any atom is 0.141 e. The summed E-state index contributed by atoms with van der Waals surface area (Å²) in [4.78, 5) is 4.03. The van der Waals surface area contributed by atoms with Crippen molar-refractivity contribution in [3.8, 4) is 0 Å². The van der Waals surface area contributed by atoms with Crippen LogP contribution in [0.5, 0.6) is 0 Å². The Morgan fingerprint density at radius 2 is 1.90 bits per heavy atom. The second kappa shape index (κ2) is 5.37. The second-order valence-electron chi connectivity index (χ2n) is 3.88. The molecule has 2 aromatic rings. The molecule has 1 aliphatic rings. The van der Waals surface area contributed by atoms with E-state index in [0.717, 1.165) is 17.0 Å². The van der Waals surface area contributed by atoms with Gasteiger partial charge >= 0.3 is 0 Å². The summed E-state index contributed by atoms with van der Waals surface area (Å²) in [7, 11) is 0. The molecule has 0 atom stereocenters. The molecule has 1 aliphatic heterocycles. The second-order valence-corrected chi connectivity index (χ2v) is 5.22. The molecule has 4 N–H and O–H groups in total. The molecule has 0 unspecified atom stereocenters. The van der Waals surface area contributed by atoms with E-state index < -0.39 is 0 Å². The van der Waals surface area contributed by atoms with Crippen LogP contribution in [0, 0.1) is 0 Å². The van der Waals surface area contributed by atoms with Crippen molar-refractivity contribution in [2.75, 3.05) is 10.7 Å². The molecule has 20 heavy (non-hydrogen) atoms. The zero-order valence-corrected chi connectivity index (χ0v) is 12.2. The van der Waals surface area contributed by atoms with Gasteiger partial charge in [-0.15, -0.1) is 0 Å². The number of aromatic nitrogens is 1. The van der Waals surface area contributed by atoms with Crippen LogP contribution in [0.3, 0.4) is 0 Å². The first-order chi connectivity index (χ1) is 9.69. The largest absolute Gasteiger partial charge is 0.352 e. The van der Waals surface area contributed by atoms with E-state index in [4.69, 9.17) is 29.0 Å². The fraction of sp³-hybridized carbons (Fsp3) is 0. The van der Waals surface area contributed by atoms with E-state index in [1.54, 1.807) is 24.4 Å². The van der Waals surface area contributed by atoms with Gasteiger partial charge < -0.3 is 10.7 Å². The van der Waals surface area contributed by atoms with Gasteiger partial charge in [-0.3, -0.25) is 0 Å². The molecule has 0 bridgehead atoms. The Kier molecular flexibility index (Phi) is 3.58. The normalized spacial score (nSPS) is 11.9. The highest BCUT2D eigenvalue weighted by atomic mass is 35.5. The number of halogens is 2. The van der Waals surface area contributed by atoms with Crippen molar-refractivity contribution in [3.05, 3.63) is 34.4 Å². The Bertz CT molecular complexity index is 757. The number of nitrogens with zero attached hydrogens (tertiary/aromatic N) is 3. The number of nitrogens with one attached hydrogen (secondary N) is 2. The lowest BCUT2D eigenvalue weighted by molar-refractivity contribution is 1.23. The lowest BCUT2D eigenvalue weighted by Crippen LogP contribution is -2.08. The van der Waals surface area contributed by atoms with Gasteiger partial charge in [-0.25, -0.2) is 10.8 Å². The molecule has 1 aromatic carbocycles. The minimum absolute atomic E-state index is 0.467. The molecule has 0 saturated heterocycles. The highest BCUT2D eigenvalue weighted by Gasteiger charge is 2.18. The van der Waals surface area contributed by atoms with Crippen LogP contribution in [0.15, 0.2) is 33.1 Å². The zero-order chi connectivity index (χ0) is 14.1. The van der Waals surface area contributed by atoms with Crippen molar-refractivity contribution < 1.29 is 0 Å². The number of anilines is 3. The first kappa shape index (κ1) is 13.3. The van der Waals surface area contributed by atoms with Gasteiger partial charge in [0.2, 0.25) is 0 Å². The molecule has 0 fully saturated rings. The summed E-state index contributed by atoms with van der Waals surface area (Å²) in [5.74, 6) is 5.87. The summed E-state index contributed by atoms with van der Waals surface area (Å²) in [6.45, 7) is 0. The zero-order valence-electron chi connectivity index (χ0n) is 9.89. The number of rotatable bonds is 3. The van der Waals surface area contributed by atoms with Crippen LogP contribution in [-0.4, -0.2) is 4.98 Å². The first-order valence-electron chi connectivity index (χ1n) is 5.49. The van der Waals surface area contributed by atoms with Crippen molar-refractivity contribution in [3.63, 3.8) is 0 Å². The molecule has 1 aromatic heterocycles. The van der Waals surface area contributed by atoms with E-state index in [1.165, 1.54) is 0 Å². The fourth-order valence-electron chi connectivity index (χ4n) is 1.72. The number of hydrazine groups is 1. The Labute approximate surface area is 128 Å². The van der Waals surface area contributed by atoms with E-state index in [-0.39, 0.29) is 0 Å². The first-order valence-corrected chi connectivity index (χ1v) is 6.97. The van der Waals surface area contributed by atoms with Crippen LogP contribution in [0.25, 0.3) is 0 Å². The molecule has 0 radical (unpaired) electrons. The highest BCUT2D eigenvalue weighted by Crippen LogP contribution is 2.48. The third kappa shape index (κ3) is 2.36. The van der Waals surface area contributed by atoms with Gasteiger partial charge in [-0.2, -0.15) is 8.73 Å². The number of hydrogen-bond acceptors (Lipinski definition) is 6. The molecule has 9 heteroatoms. The quantitative estimate of drug-likeness (QED) is 0.498. The molecule has 102 valence electrons. The van der Waals surface area contributed by atoms with Crippen LogP contribution in [0.4, 0.5) is 28.6 Å². The summed E-state index contributed by atoms with van der Waals surface area (Å²) in [5.41, 5.74) is 5.15. The summed E-state index contributed by atoms with van der Waals surface area (Å²) in [6, 6.07) is 5.17. The average molecular weight is 327 g/mol. The Morgan fingerprint density at radius 1 is 1.10 bits per heavy atom. The predicted octanol–water partition coefficient (Wildman–Crippen LogP) is 4.14. The highest BCUT2D eigenvalue weighted by molar-refractivity contribution is 7.58. The summed E-state index contributed by atoms with van der Waals surface area (Å²) >= 11 is 13.4. The SMILES string of the molecule is NNc1cc(Nc2c(Cl)cc(Cl)c3c2N=S=N3)ccn1. The smallest absolute Gasteiger partial charge is 0.141 e. The fourth-order valence-corrected chi connectivity index (χ4v) is 2.88. The number of nitrogen functional groups attached to an aromatic ring is 1. The van der Waals surface area contributed by atoms with Gasteiger partial charge in [0.15, 0.2) is 0 Å². The molecular weight excluding hydrogens is 319 g/mol. The Morgan fingerprint density at radius 3 is 2.70 bits per heavy atom. The van der Waals surface area contributed by atoms with Gasteiger partial charge in [-0.05, 0) is 12.1 Å². The minimum Gasteiger partial charge on any atom is -0.352 e. The predicted molar refractivity (Wildman–Crippen MR) is 83.3 cm³/mol. The number of benzene rings is 1. The topological polar surface area (TPSA) is 87.7 Å². The van der Waals surface area contributed by atoms with Gasteiger partial charge in [0.05, 0.1) is 27.1 Å². The van der Waals surface area contributed by atoms with Crippen LogP contribution < -0.4 is 16.6 Å². The molecule has 3 rings (SSSR count). The average Bonchev–Trinajstić information content (AvgIpc) is 2.93. The number of pyridine rings is 1. The van der Waals surface area contributed by atoms with Gasteiger partial charge in [0.1, 0.15) is 17.2 Å². The van der Waals surface area contributed by atoms with E-state index in [1.807, 2.05) is 0 Å². The molecule has 2 heterocycles. The number of hydrogen-bond donors (Lipinski definition) is 3. The molecule has 0 spiro atoms. The van der Waals surface area contributed by atoms with E-state index in [2.05, 4.69) is 24.5 Å². The summed E-state index contributed by atoms with van der Waals surface area (Å²) in [6.07, 6.45) is 1.62. The van der Waals surface area contributed by atoms with E-state index >= 15 is 0 Å². The van der Waals surface area contributed by atoms with Crippen molar-refractivity contribution in [2.45, 2.75) is 0 Å². The third-order valence-corrected chi connectivity index (χ3v) is 3.74. The van der Waals surface area contributed by atoms with Crippen LogP contribution in [0.1, 0.15) is 0 Å². The number of nitrogens with two attached hydrogens (primary N) is 1. The Balaban J connectivity index is 2.03. The van der Waals surface area contributed by atoms with E-state index in [0.29, 0.717) is 32.9 Å². The lowest BCUT2D eigenvalue weighted by atomic mass is 10.2. The molecule has 0 saturated carbocycles. The lowest BCUT2D eigenvalue weighted by Gasteiger charge is -2.12. The molecule has 0 amide bonds. The number of fused-ring (bicyclic) bond motifs is 1. The Hall–Kier alpha value is -1.67. The van der Waals surface area contributed by atoms with Gasteiger partial charge in [0, 0.05) is 18.0 Å². The maximum absolute atomic E-state index is 6.22. The van der Waals surface area contributed by atoms with Crippen LogP contribution >= 0.6 is 23.2 Å². The van der Waals surface area contributed by atoms with Crippen molar-refractivity contribution in [1.82, 2.24) is 4.98 Å². The van der Waals surface area contributed by atoms with Crippen LogP contribution in [-0.2, 0) is 11.4 Å². The summed E-state index contributed by atoms with van der Waals surface area (Å²) < 4.78 is 8.37. The third-order valence-electron chi connectivity index (χ3n) is 2.62. The standard InChI is InChI=1S/C11H8Cl2N6S/c12-6-4-7(13)10-11(19-20-18-10)9(6)16-5-1-2-15-8(3-5)17-14/h1-4H,14H2,(H2,15,16,17). The maximum atomic E-state index is 6.22. The molecule has 6 nitrogen and oxygen atoms in total. The van der Waals surface area contributed by atoms with Gasteiger partial charge in [0.25, 0.3) is 0 Å². The van der Waals surface area contributed by atoms with Crippen molar-refractivity contribution in [1.29, 1.82) is 0 Å². The van der Waals surface area contributed by atoms with E-state index in [9.17, 15) is 0 Å². The summed E-state index contributed by atoms with van der Waals surface area (Å²) in [5, 5.41) is 4.12.